The molecule has 2 atom stereocenters. The fourth-order valence-electron chi connectivity index (χ4n) is 4.27. The number of ketones is 1. The van der Waals surface area contributed by atoms with Crippen LogP contribution >= 0.6 is 0 Å². The smallest absolute Gasteiger partial charge is 0.410 e. The molecular formula is C21H27F2NO3. The van der Waals surface area contributed by atoms with Gasteiger partial charge in [0.2, 0.25) is 0 Å². The lowest BCUT2D eigenvalue weighted by atomic mass is 9.75. The van der Waals surface area contributed by atoms with Crippen molar-refractivity contribution in [3.63, 3.8) is 0 Å². The fraction of sp³-hybridized carbons (Fsp3) is 0.619. The summed E-state index contributed by atoms with van der Waals surface area (Å²) >= 11 is 0. The minimum Gasteiger partial charge on any atom is -0.444 e. The average molecular weight is 379 g/mol. The van der Waals surface area contributed by atoms with Crippen LogP contribution in [-0.2, 0) is 4.74 Å². The number of ether oxygens (including phenoxy) is 1. The summed E-state index contributed by atoms with van der Waals surface area (Å²) in [5, 5.41) is 0. The van der Waals surface area contributed by atoms with E-state index in [1.54, 1.807) is 4.90 Å². The van der Waals surface area contributed by atoms with Crippen molar-refractivity contribution in [1.29, 1.82) is 0 Å². The summed E-state index contributed by atoms with van der Waals surface area (Å²) in [6.45, 7) is 7.01. The number of piperidine rings is 2. The van der Waals surface area contributed by atoms with E-state index < -0.39 is 17.2 Å². The SMILES string of the molecule is Cc1cc(C(=O)C2CC3CCCC(C2)N3C(=O)OC(C)(C)C)c(F)cc1F. The van der Waals surface area contributed by atoms with Crippen molar-refractivity contribution in [1.82, 2.24) is 4.90 Å². The maximum Gasteiger partial charge on any atom is 0.410 e. The molecule has 0 aromatic heterocycles. The number of halogens is 2. The Hall–Kier alpha value is -1.98. The summed E-state index contributed by atoms with van der Waals surface area (Å²) < 4.78 is 33.2. The second kappa shape index (κ2) is 7.21. The third kappa shape index (κ3) is 4.14. The molecule has 4 nitrogen and oxygen atoms in total. The fourth-order valence-corrected chi connectivity index (χ4v) is 4.27. The first kappa shape index (κ1) is 19.8. The van der Waals surface area contributed by atoms with Gasteiger partial charge in [0.25, 0.3) is 0 Å². The lowest BCUT2D eigenvalue weighted by Gasteiger charge is -2.48. The Labute approximate surface area is 158 Å². The molecule has 2 heterocycles. The molecule has 0 N–H and O–H groups in total. The Morgan fingerprint density at radius 3 is 2.22 bits per heavy atom. The Morgan fingerprint density at radius 2 is 1.67 bits per heavy atom. The van der Waals surface area contributed by atoms with Crippen molar-refractivity contribution in [3.8, 4) is 0 Å². The molecule has 0 radical (unpaired) electrons. The van der Waals surface area contributed by atoms with E-state index in [-0.39, 0.29) is 41.0 Å². The highest BCUT2D eigenvalue weighted by molar-refractivity contribution is 5.98. The monoisotopic (exact) mass is 379 g/mol. The minimum absolute atomic E-state index is 0.0531. The van der Waals surface area contributed by atoms with Crippen molar-refractivity contribution in [2.75, 3.05) is 0 Å². The van der Waals surface area contributed by atoms with E-state index in [1.165, 1.54) is 13.0 Å². The topological polar surface area (TPSA) is 46.6 Å². The van der Waals surface area contributed by atoms with Gasteiger partial charge in [-0.2, -0.15) is 0 Å². The highest BCUT2D eigenvalue weighted by atomic mass is 19.1. The van der Waals surface area contributed by atoms with Crippen LogP contribution in [0.1, 0.15) is 68.8 Å². The van der Waals surface area contributed by atoms with Crippen molar-refractivity contribution in [2.45, 2.75) is 77.5 Å². The number of Topliss-reactive ketones (excluding diaryl/α,β-unsaturated/α-hetero) is 1. The Balaban J connectivity index is 1.79. The molecule has 2 aliphatic heterocycles. The molecule has 27 heavy (non-hydrogen) atoms. The lowest BCUT2D eigenvalue weighted by Crippen LogP contribution is -2.56. The zero-order chi connectivity index (χ0) is 19.9. The lowest BCUT2D eigenvalue weighted by molar-refractivity contribution is -0.0261. The maximum absolute atomic E-state index is 14.2. The van der Waals surface area contributed by atoms with Crippen LogP contribution in [0.4, 0.5) is 13.6 Å². The number of nitrogens with zero attached hydrogens (tertiary/aromatic N) is 1. The predicted octanol–water partition coefficient (Wildman–Crippen LogP) is 5.02. The van der Waals surface area contributed by atoms with Crippen molar-refractivity contribution >= 4 is 11.9 Å². The van der Waals surface area contributed by atoms with Crippen molar-refractivity contribution < 1.29 is 23.1 Å². The molecular weight excluding hydrogens is 352 g/mol. The third-order valence-corrected chi connectivity index (χ3v) is 5.46. The van der Waals surface area contributed by atoms with Gasteiger partial charge < -0.3 is 9.64 Å². The predicted molar refractivity (Wildman–Crippen MR) is 97.6 cm³/mol. The number of amides is 1. The van der Waals surface area contributed by atoms with Crippen LogP contribution in [0.25, 0.3) is 0 Å². The molecule has 1 aromatic carbocycles. The highest BCUT2D eigenvalue weighted by Gasteiger charge is 2.44. The number of rotatable bonds is 2. The quantitative estimate of drug-likeness (QED) is 0.678. The van der Waals surface area contributed by atoms with Crippen LogP contribution in [0, 0.1) is 24.5 Å². The molecule has 0 saturated carbocycles. The first-order chi connectivity index (χ1) is 12.6. The van der Waals surface area contributed by atoms with E-state index in [1.807, 2.05) is 20.8 Å². The van der Waals surface area contributed by atoms with Crippen LogP contribution in [0.15, 0.2) is 12.1 Å². The normalized spacial score (nSPS) is 25.3. The first-order valence-corrected chi connectivity index (χ1v) is 9.58. The molecule has 2 saturated heterocycles. The van der Waals surface area contributed by atoms with E-state index >= 15 is 0 Å². The summed E-state index contributed by atoms with van der Waals surface area (Å²) in [4.78, 5) is 27.3. The molecule has 3 rings (SSSR count). The van der Waals surface area contributed by atoms with Gasteiger partial charge in [-0.05, 0) is 71.4 Å². The highest BCUT2D eigenvalue weighted by Crippen LogP contribution is 2.39. The van der Waals surface area contributed by atoms with Gasteiger partial charge in [-0.25, -0.2) is 13.6 Å². The zero-order valence-corrected chi connectivity index (χ0v) is 16.4. The summed E-state index contributed by atoms with van der Waals surface area (Å²) in [5.41, 5.74) is -0.374. The van der Waals surface area contributed by atoms with E-state index in [9.17, 15) is 18.4 Å². The van der Waals surface area contributed by atoms with Gasteiger partial charge in [0, 0.05) is 24.1 Å². The molecule has 2 unspecified atom stereocenters. The number of fused-ring (bicyclic) bond motifs is 2. The number of hydrogen-bond acceptors (Lipinski definition) is 3. The van der Waals surface area contributed by atoms with Crippen LogP contribution in [0.3, 0.4) is 0 Å². The van der Waals surface area contributed by atoms with Gasteiger partial charge in [-0.3, -0.25) is 4.79 Å². The molecule has 1 amide bonds. The molecule has 2 fully saturated rings. The van der Waals surface area contributed by atoms with Crippen molar-refractivity contribution in [2.24, 2.45) is 5.92 Å². The van der Waals surface area contributed by atoms with Crippen LogP contribution in [0.2, 0.25) is 0 Å². The first-order valence-electron chi connectivity index (χ1n) is 9.58. The van der Waals surface area contributed by atoms with E-state index in [4.69, 9.17) is 4.74 Å². The largest absolute Gasteiger partial charge is 0.444 e. The van der Waals surface area contributed by atoms with Gasteiger partial charge in [0.05, 0.1) is 5.56 Å². The number of carbonyl (C=O) groups excluding carboxylic acids is 2. The molecule has 2 bridgehead atoms. The van der Waals surface area contributed by atoms with Crippen molar-refractivity contribution in [3.05, 3.63) is 34.9 Å². The Morgan fingerprint density at radius 1 is 1.07 bits per heavy atom. The van der Waals surface area contributed by atoms with Gasteiger partial charge >= 0.3 is 6.09 Å². The van der Waals surface area contributed by atoms with Gasteiger partial charge in [0.1, 0.15) is 17.2 Å². The van der Waals surface area contributed by atoms with Gasteiger partial charge in [-0.1, -0.05) is 0 Å². The molecule has 6 heteroatoms. The standard InChI is InChI=1S/C21H27F2NO3/c1-12-8-16(18(23)11-17(12)22)19(25)13-9-14-6-5-7-15(10-13)24(14)20(26)27-21(2,3)4/h8,11,13-15H,5-7,9-10H2,1-4H3. The number of hydrogen-bond donors (Lipinski definition) is 0. The average Bonchev–Trinajstić information content (AvgIpc) is 2.54. The molecule has 148 valence electrons. The minimum atomic E-state index is -0.817. The van der Waals surface area contributed by atoms with E-state index in [0.29, 0.717) is 12.8 Å². The second-order valence-corrected chi connectivity index (χ2v) is 8.74. The summed E-state index contributed by atoms with van der Waals surface area (Å²) in [6, 6.07) is 1.92. The van der Waals surface area contributed by atoms with E-state index in [2.05, 4.69) is 0 Å². The summed E-state index contributed by atoms with van der Waals surface area (Å²) in [5.74, 6) is -2.13. The molecule has 2 aliphatic rings. The summed E-state index contributed by atoms with van der Waals surface area (Å²) in [7, 11) is 0. The maximum atomic E-state index is 14.2. The number of carbonyl (C=O) groups is 2. The van der Waals surface area contributed by atoms with Crippen LogP contribution in [0.5, 0.6) is 0 Å². The Kier molecular flexibility index (Phi) is 5.28. The van der Waals surface area contributed by atoms with E-state index in [0.717, 1.165) is 25.3 Å². The Bertz CT molecular complexity index is 743. The third-order valence-electron chi connectivity index (χ3n) is 5.46. The zero-order valence-electron chi connectivity index (χ0n) is 16.4. The molecule has 0 aliphatic carbocycles. The molecule has 0 spiro atoms. The van der Waals surface area contributed by atoms with Crippen LogP contribution in [-0.4, -0.2) is 34.5 Å². The number of aryl methyl sites for hydroxylation is 1. The van der Waals surface area contributed by atoms with Gasteiger partial charge in [-0.15, -0.1) is 0 Å². The second-order valence-electron chi connectivity index (χ2n) is 8.74. The molecule has 1 aromatic rings. The van der Waals surface area contributed by atoms with Gasteiger partial charge in [0.15, 0.2) is 5.78 Å². The van der Waals surface area contributed by atoms with Crippen LogP contribution < -0.4 is 0 Å². The summed E-state index contributed by atoms with van der Waals surface area (Å²) in [6.07, 6.45) is 3.26. The number of benzene rings is 1.